The van der Waals surface area contributed by atoms with E-state index in [0.717, 1.165) is 15.4 Å². The van der Waals surface area contributed by atoms with Crippen molar-refractivity contribution in [1.29, 1.82) is 0 Å². The number of nitrogens with zero attached hydrogens (tertiary/aromatic N) is 1. The van der Waals surface area contributed by atoms with Crippen LogP contribution < -0.4 is 10.2 Å². The number of hydroxylamine groups is 1. The van der Waals surface area contributed by atoms with Gasteiger partial charge in [-0.3, -0.25) is 10.0 Å². The van der Waals surface area contributed by atoms with Crippen molar-refractivity contribution in [2.45, 2.75) is 29.5 Å². The molecule has 1 atom stereocenters. The van der Waals surface area contributed by atoms with Gasteiger partial charge in [0.2, 0.25) is 10.0 Å². The second kappa shape index (κ2) is 9.22. The molecule has 0 radical (unpaired) electrons. The molecule has 0 spiro atoms. The van der Waals surface area contributed by atoms with Crippen molar-refractivity contribution in [1.82, 2.24) is 9.79 Å². The Hall–Kier alpha value is -2.79. The number of ether oxygens (including phenoxy) is 1. The molecule has 2 N–H and O–H groups in total. The molecule has 1 aromatic heterocycles. The van der Waals surface area contributed by atoms with Gasteiger partial charge in [-0.1, -0.05) is 24.3 Å². The Kier molecular flexibility index (Phi) is 6.53. The zero-order chi connectivity index (χ0) is 23.6. The summed E-state index contributed by atoms with van der Waals surface area (Å²) in [5.41, 5.74) is 3.47. The van der Waals surface area contributed by atoms with Gasteiger partial charge in [0.15, 0.2) is 0 Å². The van der Waals surface area contributed by atoms with Gasteiger partial charge in [0.25, 0.3) is 5.91 Å². The van der Waals surface area contributed by atoms with Crippen LogP contribution in [0.1, 0.15) is 13.8 Å². The van der Waals surface area contributed by atoms with E-state index in [-0.39, 0.29) is 17.2 Å². The number of carbonyl (C=O) groups excluding carboxylic acids is 1. The number of thioether (sulfide) groups is 1. The SMILES string of the molecule is CC1(C)SCCN(S(=O)(=O)c2ccccc2Oc2ccc(-c3ccoc3)cc2)C1C(=O)NO. The Bertz CT molecular complexity index is 1220. The second-order valence-electron chi connectivity index (χ2n) is 8.03. The molecule has 3 aromatic rings. The lowest BCUT2D eigenvalue weighted by atomic mass is 10.0. The zero-order valence-electron chi connectivity index (χ0n) is 18.1. The fraction of sp³-hybridized carbons (Fsp3) is 0.261. The molecule has 33 heavy (non-hydrogen) atoms. The molecular weight excluding hydrogens is 464 g/mol. The third-order valence-corrected chi connectivity index (χ3v) is 8.72. The fourth-order valence-corrected chi connectivity index (χ4v) is 7.09. The highest BCUT2D eigenvalue weighted by atomic mass is 32.2. The van der Waals surface area contributed by atoms with Crippen LogP contribution in [0, 0.1) is 0 Å². The quantitative estimate of drug-likeness (QED) is 0.397. The van der Waals surface area contributed by atoms with Gasteiger partial charge in [-0.2, -0.15) is 16.1 Å². The lowest BCUT2D eigenvalue weighted by Gasteiger charge is -2.43. The summed E-state index contributed by atoms with van der Waals surface area (Å²) < 4.78 is 38.8. The highest BCUT2D eigenvalue weighted by Gasteiger charge is 2.48. The van der Waals surface area contributed by atoms with E-state index in [1.54, 1.807) is 62.2 Å². The van der Waals surface area contributed by atoms with Crippen LogP contribution in [0.15, 0.2) is 76.4 Å². The predicted molar refractivity (Wildman–Crippen MR) is 125 cm³/mol. The number of benzene rings is 2. The third kappa shape index (κ3) is 4.65. The van der Waals surface area contributed by atoms with Crippen molar-refractivity contribution < 1.29 is 27.6 Å². The molecule has 10 heteroatoms. The minimum atomic E-state index is -4.12. The standard InChI is InChI=1S/C23H24N2O6S2/c1-23(2)21(22(26)24-27)25(12-14-32-23)33(28,29)20-6-4-3-5-19(20)31-18-9-7-16(8-10-18)17-11-13-30-15-17/h3-11,13,15,21,27H,12,14H2,1-2H3,(H,24,26). The maximum absolute atomic E-state index is 13.7. The van der Waals surface area contributed by atoms with E-state index in [1.807, 2.05) is 18.2 Å². The van der Waals surface area contributed by atoms with E-state index in [2.05, 4.69) is 0 Å². The minimum Gasteiger partial charge on any atom is -0.472 e. The molecular formula is C23H24N2O6S2. The molecule has 4 rings (SSSR count). The highest BCUT2D eigenvalue weighted by molar-refractivity contribution is 8.01. The second-order valence-corrected chi connectivity index (χ2v) is 11.6. The molecule has 174 valence electrons. The molecule has 1 aliphatic heterocycles. The maximum atomic E-state index is 13.7. The number of para-hydroxylation sites is 1. The lowest BCUT2D eigenvalue weighted by molar-refractivity contribution is -0.134. The summed E-state index contributed by atoms with van der Waals surface area (Å²) in [5, 5.41) is 9.25. The average molecular weight is 489 g/mol. The maximum Gasteiger partial charge on any atom is 0.263 e. The smallest absolute Gasteiger partial charge is 0.263 e. The normalized spacial score (nSPS) is 18.6. The van der Waals surface area contributed by atoms with Crippen LogP contribution in [-0.2, 0) is 14.8 Å². The minimum absolute atomic E-state index is 0.0534. The van der Waals surface area contributed by atoms with Crippen LogP contribution in [0.4, 0.5) is 0 Å². The zero-order valence-corrected chi connectivity index (χ0v) is 19.7. The number of sulfonamides is 1. The van der Waals surface area contributed by atoms with Gasteiger partial charge >= 0.3 is 0 Å². The first kappa shape index (κ1) is 23.4. The van der Waals surface area contributed by atoms with E-state index in [9.17, 15) is 18.4 Å². The average Bonchev–Trinajstić information content (AvgIpc) is 3.33. The lowest BCUT2D eigenvalue weighted by Crippen LogP contribution is -2.61. The van der Waals surface area contributed by atoms with Crippen molar-refractivity contribution in [3.8, 4) is 22.6 Å². The molecule has 1 saturated heterocycles. The van der Waals surface area contributed by atoms with Gasteiger partial charge in [-0.15, -0.1) is 0 Å². The molecule has 8 nitrogen and oxygen atoms in total. The summed E-state index contributed by atoms with van der Waals surface area (Å²) in [4.78, 5) is 12.4. The van der Waals surface area contributed by atoms with Crippen molar-refractivity contribution in [2.75, 3.05) is 12.3 Å². The van der Waals surface area contributed by atoms with E-state index < -0.39 is 26.7 Å². The van der Waals surface area contributed by atoms with Gasteiger partial charge in [0.1, 0.15) is 22.4 Å². The summed E-state index contributed by atoms with van der Waals surface area (Å²) in [5.74, 6) is 0.348. The van der Waals surface area contributed by atoms with E-state index in [1.165, 1.54) is 17.8 Å². The third-order valence-electron chi connectivity index (χ3n) is 5.46. The Morgan fingerprint density at radius 2 is 1.88 bits per heavy atom. The van der Waals surface area contributed by atoms with E-state index >= 15 is 0 Å². The van der Waals surface area contributed by atoms with Gasteiger partial charge in [0.05, 0.1) is 12.5 Å². The number of hydrogen-bond donors (Lipinski definition) is 2. The number of furan rings is 1. The van der Waals surface area contributed by atoms with Crippen LogP contribution in [0.3, 0.4) is 0 Å². The van der Waals surface area contributed by atoms with E-state index in [4.69, 9.17) is 9.15 Å². The summed E-state index contributed by atoms with van der Waals surface area (Å²) in [6, 6.07) is 14.3. The summed E-state index contributed by atoms with van der Waals surface area (Å²) in [6.07, 6.45) is 3.22. The van der Waals surface area contributed by atoms with Crippen LogP contribution in [-0.4, -0.2) is 46.9 Å². The van der Waals surface area contributed by atoms with Gasteiger partial charge in [0, 0.05) is 22.6 Å². The van der Waals surface area contributed by atoms with Crippen molar-refractivity contribution in [3.05, 3.63) is 67.1 Å². The highest BCUT2D eigenvalue weighted by Crippen LogP contribution is 2.40. The Morgan fingerprint density at radius 3 is 2.55 bits per heavy atom. The summed E-state index contributed by atoms with van der Waals surface area (Å²) in [6.45, 7) is 3.69. The number of amides is 1. The number of rotatable bonds is 6. The molecule has 1 aliphatic rings. The number of carbonyl (C=O) groups is 1. The predicted octanol–water partition coefficient (Wildman–Crippen LogP) is 4.13. The van der Waals surface area contributed by atoms with Crippen molar-refractivity contribution >= 4 is 27.7 Å². The number of nitrogens with one attached hydrogen (secondary N) is 1. The van der Waals surface area contributed by atoms with Crippen LogP contribution in [0.2, 0.25) is 0 Å². The van der Waals surface area contributed by atoms with Crippen molar-refractivity contribution in [2.24, 2.45) is 0 Å². The molecule has 1 unspecified atom stereocenters. The molecule has 0 saturated carbocycles. The van der Waals surface area contributed by atoms with Crippen LogP contribution >= 0.6 is 11.8 Å². The fourth-order valence-electron chi connectivity index (χ4n) is 3.87. The monoisotopic (exact) mass is 488 g/mol. The van der Waals surface area contributed by atoms with Crippen LogP contribution in [0.25, 0.3) is 11.1 Å². The van der Waals surface area contributed by atoms with Crippen LogP contribution in [0.5, 0.6) is 11.5 Å². The Morgan fingerprint density at radius 1 is 1.15 bits per heavy atom. The van der Waals surface area contributed by atoms with Gasteiger partial charge < -0.3 is 9.15 Å². The topological polar surface area (TPSA) is 109 Å². The number of hydrogen-bond acceptors (Lipinski definition) is 7. The van der Waals surface area contributed by atoms with Gasteiger partial charge in [-0.05, 0) is 49.7 Å². The Balaban J connectivity index is 1.66. The summed E-state index contributed by atoms with van der Waals surface area (Å²) in [7, 11) is -4.12. The summed E-state index contributed by atoms with van der Waals surface area (Å²) >= 11 is 1.48. The van der Waals surface area contributed by atoms with Crippen molar-refractivity contribution in [3.63, 3.8) is 0 Å². The molecule has 1 fully saturated rings. The largest absolute Gasteiger partial charge is 0.472 e. The molecule has 0 aliphatic carbocycles. The first-order valence-corrected chi connectivity index (χ1v) is 12.7. The molecule has 2 aromatic carbocycles. The van der Waals surface area contributed by atoms with Gasteiger partial charge in [-0.25, -0.2) is 13.9 Å². The van der Waals surface area contributed by atoms with E-state index in [0.29, 0.717) is 11.5 Å². The first-order chi connectivity index (χ1) is 15.7. The molecule has 0 bridgehead atoms. The first-order valence-electron chi connectivity index (χ1n) is 10.2. The molecule has 1 amide bonds. The Labute approximate surface area is 196 Å². The molecule has 2 heterocycles.